The summed E-state index contributed by atoms with van der Waals surface area (Å²) in [5, 5.41) is 0. The summed E-state index contributed by atoms with van der Waals surface area (Å²) >= 11 is 0. The first-order valence-electron chi connectivity index (χ1n) is 27.8. The molecule has 0 aliphatic carbocycles. The zero-order valence-corrected chi connectivity index (χ0v) is 43.0. The molecule has 0 saturated heterocycles. The molecule has 65 heavy (non-hydrogen) atoms. The van der Waals surface area contributed by atoms with Gasteiger partial charge in [-0.2, -0.15) is 0 Å². The molecule has 0 spiro atoms. The Balaban J connectivity index is 4.16. The van der Waals surface area contributed by atoms with Crippen LogP contribution < -0.4 is 0 Å². The lowest BCUT2D eigenvalue weighted by Crippen LogP contribution is -2.30. The summed E-state index contributed by atoms with van der Waals surface area (Å²) in [4.78, 5) is 37.8. The van der Waals surface area contributed by atoms with Gasteiger partial charge in [-0.1, -0.05) is 261 Å². The molecule has 6 nitrogen and oxygen atoms in total. The second-order valence-corrected chi connectivity index (χ2v) is 18.5. The van der Waals surface area contributed by atoms with Gasteiger partial charge in [0.2, 0.25) is 0 Å². The molecule has 0 saturated carbocycles. The normalized spacial score (nSPS) is 12.5. The molecular formula is C59H104O6. The topological polar surface area (TPSA) is 78.9 Å². The summed E-state index contributed by atoms with van der Waals surface area (Å²) in [6, 6.07) is 0. The van der Waals surface area contributed by atoms with Crippen molar-refractivity contribution in [2.75, 3.05) is 13.2 Å². The van der Waals surface area contributed by atoms with Crippen molar-refractivity contribution in [1.82, 2.24) is 0 Å². The lowest BCUT2D eigenvalue weighted by molar-refractivity contribution is -0.167. The Morgan fingerprint density at radius 3 is 0.923 bits per heavy atom. The molecule has 0 fully saturated rings. The van der Waals surface area contributed by atoms with E-state index in [0.29, 0.717) is 19.3 Å². The summed E-state index contributed by atoms with van der Waals surface area (Å²) < 4.78 is 16.7. The first-order valence-corrected chi connectivity index (χ1v) is 27.8. The number of hydrogen-bond acceptors (Lipinski definition) is 6. The summed E-state index contributed by atoms with van der Waals surface area (Å²) in [7, 11) is 0. The smallest absolute Gasteiger partial charge is 0.306 e. The van der Waals surface area contributed by atoms with Gasteiger partial charge in [-0.3, -0.25) is 14.4 Å². The number of hydrogen-bond donors (Lipinski definition) is 0. The van der Waals surface area contributed by atoms with Gasteiger partial charge in [-0.25, -0.2) is 0 Å². The van der Waals surface area contributed by atoms with Gasteiger partial charge in [-0.05, 0) is 57.8 Å². The summed E-state index contributed by atoms with van der Waals surface area (Å²) in [6.45, 7) is 6.44. The van der Waals surface area contributed by atoms with Gasteiger partial charge in [-0.15, -0.1) is 0 Å². The minimum absolute atomic E-state index is 0.0942. The van der Waals surface area contributed by atoms with Crippen molar-refractivity contribution in [3.8, 4) is 0 Å². The molecule has 6 heteroatoms. The highest BCUT2D eigenvalue weighted by Gasteiger charge is 2.19. The number of allylic oxidation sites excluding steroid dienone is 10. The highest BCUT2D eigenvalue weighted by atomic mass is 16.6. The maximum absolute atomic E-state index is 12.7. The van der Waals surface area contributed by atoms with Crippen LogP contribution in [0, 0.1) is 0 Å². The fourth-order valence-electron chi connectivity index (χ4n) is 7.89. The molecule has 0 aromatic carbocycles. The maximum Gasteiger partial charge on any atom is 0.306 e. The van der Waals surface area contributed by atoms with E-state index in [1.165, 1.54) is 154 Å². The van der Waals surface area contributed by atoms with Crippen LogP contribution in [0.5, 0.6) is 0 Å². The molecular weight excluding hydrogens is 805 g/mol. The molecule has 0 bridgehead atoms. The van der Waals surface area contributed by atoms with E-state index in [-0.39, 0.29) is 37.5 Å². The van der Waals surface area contributed by atoms with E-state index >= 15 is 0 Å². The van der Waals surface area contributed by atoms with Crippen molar-refractivity contribution in [2.45, 2.75) is 284 Å². The van der Waals surface area contributed by atoms with Crippen molar-refractivity contribution >= 4 is 17.9 Å². The van der Waals surface area contributed by atoms with Crippen LogP contribution >= 0.6 is 0 Å². The molecule has 1 atom stereocenters. The van der Waals surface area contributed by atoms with Crippen LogP contribution in [0.2, 0.25) is 0 Å². The van der Waals surface area contributed by atoms with E-state index in [9.17, 15) is 14.4 Å². The largest absolute Gasteiger partial charge is 0.462 e. The number of carbonyl (C=O) groups excluding carboxylic acids is 3. The van der Waals surface area contributed by atoms with E-state index in [2.05, 4.69) is 81.5 Å². The second kappa shape index (κ2) is 53.7. The van der Waals surface area contributed by atoms with Crippen molar-refractivity contribution in [1.29, 1.82) is 0 Å². The quantitative estimate of drug-likeness (QED) is 0.0262. The van der Waals surface area contributed by atoms with Crippen LogP contribution in [-0.2, 0) is 28.6 Å². The van der Waals surface area contributed by atoms with E-state index in [1.807, 2.05) is 0 Å². The Kier molecular flexibility index (Phi) is 51.3. The molecule has 0 N–H and O–H groups in total. The van der Waals surface area contributed by atoms with Crippen molar-refractivity contribution in [2.24, 2.45) is 0 Å². The predicted molar refractivity (Wildman–Crippen MR) is 279 cm³/mol. The van der Waals surface area contributed by atoms with Crippen molar-refractivity contribution in [3.05, 3.63) is 60.8 Å². The first-order chi connectivity index (χ1) is 32.0. The Labute approximate surface area is 402 Å². The summed E-state index contributed by atoms with van der Waals surface area (Å²) in [6.07, 6.45) is 66.9. The van der Waals surface area contributed by atoms with Gasteiger partial charge in [0, 0.05) is 19.3 Å². The number of ether oxygens (including phenoxy) is 3. The van der Waals surface area contributed by atoms with Crippen LogP contribution in [-0.4, -0.2) is 37.2 Å². The first kappa shape index (κ1) is 62.1. The number of carbonyl (C=O) groups is 3. The SMILES string of the molecule is CC/C=C\C/C=C\C/C=C\C/C=C\C/C=C\CCCC(=O)OC(COC(=O)CCCCCCCC)COC(=O)CCCCCCCCCCCCCCCCCCCCCCCCCC. The average molecular weight is 909 g/mol. The third-order valence-corrected chi connectivity index (χ3v) is 12.0. The molecule has 0 radical (unpaired) electrons. The standard InChI is InChI=1S/C59H104O6/c1-4-7-10-13-16-18-20-22-24-26-27-28-29-30-31-32-34-35-37-39-41-43-46-49-52-58(61)64-55-56(54-63-57(60)51-48-45-15-12-9-6-3)65-59(62)53-50-47-44-42-40-38-36-33-25-23-21-19-17-14-11-8-5-2/h8,11,17,19,23,25,36,38,42,44,56H,4-7,9-10,12-16,18,20-22,24,26-35,37,39-41,43,45-55H2,1-3H3/b11-8-,19-17-,25-23-,38-36-,44-42-. The van der Waals surface area contributed by atoms with Crippen LogP contribution in [0.25, 0.3) is 0 Å². The summed E-state index contributed by atoms with van der Waals surface area (Å²) in [5.74, 6) is -0.955. The average Bonchev–Trinajstić information content (AvgIpc) is 3.30. The number of rotatable bonds is 50. The fourth-order valence-corrected chi connectivity index (χ4v) is 7.89. The minimum Gasteiger partial charge on any atom is -0.462 e. The zero-order chi connectivity index (χ0) is 47.2. The molecule has 376 valence electrons. The van der Waals surface area contributed by atoms with Crippen LogP contribution in [0.15, 0.2) is 60.8 Å². The van der Waals surface area contributed by atoms with Crippen molar-refractivity contribution < 1.29 is 28.6 Å². The Bertz CT molecular complexity index is 1180. The van der Waals surface area contributed by atoms with Crippen molar-refractivity contribution in [3.63, 3.8) is 0 Å². The highest BCUT2D eigenvalue weighted by Crippen LogP contribution is 2.17. The molecule has 0 aliphatic heterocycles. The third-order valence-electron chi connectivity index (χ3n) is 12.0. The van der Waals surface area contributed by atoms with Gasteiger partial charge >= 0.3 is 17.9 Å². The summed E-state index contributed by atoms with van der Waals surface area (Å²) in [5.41, 5.74) is 0. The van der Waals surface area contributed by atoms with Crippen LogP contribution in [0.4, 0.5) is 0 Å². The molecule has 1 unspecified atom stereocenters. The fraction of sp³-hybridized carbons (Fsp3) is 0.780. The van der Waals surface area contributed by atoms with E-state index in [4.69, 9.17) is 14.2 Å². The van der Waals surface area contributed by atoms with Gasteiger partial charge in [0.15, 0.2) is 6.10 Å². The van der Waals surface area contributed by atoms with Gasteiger partial charge in [0.25, 0.3) is 0 Å². The molecule has 0 aliphatic rings. The molecule has 0 amide bonds. The number of unbranched alkanes of at least 4 members (excludes halogenated alkanes) is 29. The van der Waals surface area contributed by atoms with Gasteiger partial charge < -0.3 is 14.2 Å². The van der Waals surface area contributed by atoms with Crippen LogP contribution in [0.1, 0.15) is 278 Å². The van der Waals surface area contributed by atoms with Crippen LogP contribution in [0.3, 0.4) is 0 Å². The predicted octanol–water partition coefficient (Wildman–Crippen LogP) is 18.4. The van der Waals surface area contributed by atoms with E-state index < -0.39 is 6.10 Å². The van der Waals surface area contributed by atoms with Gasteiger partial charge in [0.1, 0.15) is 13.2 Å². The Morgan fingerprint density at radius 1 is 0.323 bits per heavy atom. The zero-order valence-electron chi connectivity index (χ0n) is 43.0. The third kappa shape index (κ3) is 51.9. The number of esters is 3. The molecule has 0 aromatic rings. The lowest BCUT2D eigenvalue weighted by atomic mass is 10.0. The molecule has 0 rings (SSSR count). The molecule has 0 heterocycles. The Morgan fingerprint density at radius 2 is 0.600 bits per heavy atom. The van der Waals surface area contributed by atoms with E-state index in [0.717, 1.165) is 77.0 Å². The van der Waals surface area contributed by atoms with E-state index in [1.54, 1.807) is 0 Å². The monoisotopic (exact) mass is 909 g/mol. The lowest BCUT2D eigenvalue weighted by Gasteiger charge is -2.18. The second-order valence-electron chi connectivity index (χ2n) is 18.5. The highest BCUT2D eigenvalue weighted by molar-refractivity contribution is 5.71. The maximum atomic E-state index is 12.7. The minimum atomic E-state index is -0.798. The Hall–Kier alpha value is -2.89. The van der Waals surface area contributed by atoms with Gasteiger partial charge in [0.05, 0.1) is 0 Å². The molecule has 0 aromatic heterocycles.